The van der Waals surface area contributed by atoms with Gasteiger partial charge in [-0.05, 0) is 52.3 Å². The highest BCUT2D eigenvalue weighted by Gasteiger charge is 2.33. The molecule has 24 heavy (non-hydrogen) atoms. The van der Waals surface area contributed by atoms with Gasteiger partial charge < -0.3 is 5.73 Å². The fraction of sp³-hybridized carbons (Fsp3) is 0.0667. The van der Waals surface area contributed by atoms with Crippen LogP contribution < -0.4 is 11.3 Å². The van der Waals surface area contributed by atoms with Crippen LogP contribution in [0.2, 0.25) is 5.02 Å². The van der Waals surface area contributed by atoms with Crippen molar-refractivity contribution in [2.45, 2.75) is 6.18 Å². The van der Waals surface area contributed by atoms with Crippen molar-refractivity contribution in [2.24, 2.45) is 0 Å². The molecule has 2 N–H and O–H groups in total. The van der Waals surface area contributed by atoms with Crippen molar-refractivity contribution in [3.63, 3.8) is 0 Å². The third-order valence-electron chi connectivity index (χ3n) is 3.38. The molecule has 0 aliphatic heterocycles. The van der Waals surface area contributed by atoms with E-state index in [4.69, 9.17) is 17.3 Å². The average Bonchev–Trinajstić information content (AvgIpc) is 2.53. The first-order chi connectivity index (χ1) is 11.2. The maximum absolute atomic E-state index is 13.0. The number of hydrogen-bond donors (Lipinski definition) is 1. The molecular formula is C15H8BrClF3N3O. The molecule has 4 nitrogen and oxygen atoms in total. The SMILES string of the molecule is Nc1c(Br)c(=O)n(-c2ccc(Cl)cc2)c2nc(C(F)(F)F)ccc12. The summed E-state index contributed by atoms with van der Waals surface area (Å²) in [6.45, 7) is 0. The van der Waals surface area contributed by atoms with Crippen LogP contribution in [0, 0.1) is 0 Å². The van der Waals surface area contributed by atoms with E-state index in [9.17, 15) is 18.0 Å². The van der Waals surface area contributed by atoms with Gasteiger partial charge in [0.15, 0.2) is 0 Å². The summed E-state index contributed by atoms with van der Waals surface area (Å²) in [5.41, 5.74) is 4.29. The first-order valence-electron chi connectivity index (χ1n) is 6.54. The van der Waals surface area contributed by atoms with Crippen LogP contribution in [0.1, 0.15) is 5.69 Å². The number of anilines is 1. The largest absolute Gasteiger partial charge is 0.433 e. The molecule has 0 aliphatic rings. The predicted octanol–water partition coefficient (Wildman–Crippen LogP) is 4.40. The smallest absolute Gasteiger partial charge is 0.397 e. The van der Waals surface area contributed by atoms with Crippen LogP contribution in [0.4, 0.5) is 18.9 Å². The van der Waals surface area contributed by atoms with Gasteiger partial charge in [0.05, 0.1) is 11.4 Å². The molecule has 0 fully saturated rings. The monoisotopic (exact) mass is 417 g/mol. The van der Waals surface area contributed by atoms with Crippen molar-refractivity contribution >= 4 is 44.3 Å². The number of alkyl halides is 3. The van der Waals surface area contributed by atoms with Crippen LogP contribution in [-0.4, -0.2) is 9.55 Å². The van der Waals surface area contributed by atoms with Crippen molar-refractivity contribution in [3.05, 3.63) is 61.9 Å². The number of nitrogen functional groups attached to an aromatic ring is 1. The number of hydrogen-bond acceptors (Lipinski definition) is 3. The van der Waals surface area contributed by atoms with Crippen LogP contribution in [0.25, 0.3) is 16.7 Å². The van der Waals surface area contributed by atoms with Crippen LogP contribution in [0.15, 0.2) is 45.7 Å². The second-order valence-electron chi connectivity index (χ2n) is 4.91. The Kier molecular flexibility index (Phi) is 4.05. The first kappa shape index (κ1) is 16.8. The molecule has 3 aromatic rings. The summed E-state index contributed by atoms with van der Waals surface area (Å²) in [6, 6.07) is 8.07. The van der Waals surface area contributed by atoms with Gasteiger partial charge in [0.25, 0.3) is 5.56 Å². The number of fused-ring (bicyclic) bond motifs is 1. The minimum Gasteiger partial charge on any atom is -0.397 e. The number of aromatic nitrogens is 2. The molecule has 9 heteroatoms. The van der Waals surface area contributed by atoms with Gasteiger partial charge in [-0.1, -0.05) is 11.6 Å². The van der Waals surface area contributed by atoms with Crippen molar-refractivity contribution in [3.8, 4) is 5.69 Å². The number of benzene rings is 1. The number of pyridine rings is 2. The van der Waals surface area contributed by atoms with Gasteiger partial charge in [-0.3, -0.25) is 9.36 Å². The Morgan fingerprint density at radius 1 is 1.12 bits per heavy atom. The van der Waals surface area contributed by atoms with Crippen LogP contribution in [-0.2, 0) is 6.18 Å². The van der Waals surface area contributed by atoms with Gasteiger partial charge >= 0.3 is 6.18 Å². The highest BCUT2D eigenvalue weighted by atomic mass is 79.9. The number of rotatable bonds is 1. The maximum atomic E-state index is 13.0. The second kappa shape index (κ2) is 5.78. The van der Waals surface area contributed by atoms with E-state index in [0.29, 0.717) is 10.7 Å². The van der Waals surface area contributed by atoms with Crippen molar-refractivity contribution < 1.29 is 13.2 Å². The lowest BCUT2D eigenvalue weighted by Gasteiger charge is -2.14. The number of nitrogens with two attached hydrogens (primary N) is 1. The Labute approximate surface area is 146 Å². The topological polar surface area (TPSA) is 60.9 Å². The van der Waals surface area contributed by atoms with Gasteiger partial charge in [-0.15, -0.1) is 0 Å². The molecule has 2 aromatic heterocycles. The molecule has 0 saturated carbocycles. The fourth-order valence-corrected chi connectivity index (χ4v) is 2.76. The molecule has 124 valence electrons. The Balaban J connectivity index is 2.45. The summed E-state index contributed by atoms with van der Waals surface area (Å²) < 4.78 is 40.0. The van der Waals surface area contributed by atoms with Crippen LogP contribution >= 0.6 is 27.5 Å². The lowest BCUT2D eigenvalue weighted by Crippen LogP contribution is -2.23. The van der Waals surface area contributed by atoms with E-state index in [1.54, 1.807) is 0 Å². The summed E-state index contributed by atoms with van der Waals surface area (Å²) in [5, 5.41) is 0.652. The summed E-state index contributed by atoms with van der Waals surface area (Å²) in [5.74, 6) is 0. The Hall–Kier alpha value is -2.06. The molecule has 0 spiro atoms. The lowest BCUT2D eigenvalue weighted by molar-refractivity contribution is -0.141. The molecule has 3 rings (SSSR count). The van der Waals surface area contributed by atoms with Crippen molar-refractivity contribution in [2.75, 3.05) is 5.73 Å². The molecule has 0 unspecified atom stereocenters. The molecule has 0 atom stereocenters. The molecule has 0 saturated heterocycles. The highest BCUT2D eigenvalue weighted by molar-refractivity contribution is 9.10. The number of halogens is 5. The molecule has 1 aromatic carbocycles. The van der Waals surface area contributed by atoms with Crippen LogP contribution in [0.5, 0.6) is 0 Å². The van der Waals surface area contributed by atoms with E-state index >= 15 is 0 Å². The lowest BCUT2D eigenvalue weighted by atomic mass is 10.2. The van der Waals surface area contributed by atoms with Gasteiger partial charge in [-0.2, -0.15) is 13.2 Å². The molecular weight excluding hydrogens is 411 g/mol. The van der Waals surface area contributed by atoms with Gasteiger partial charge in [0.2, 0.25) is 0 Å². The molecule has 0 radical (unpaired) electrons. The Bertz CT molecular complexity index is 1000. The van der Waals surface area contributed by atoms with Crippen molar-refractivity contribution in [1.29, 1.82) is 0 Å². The summed E-state index contributed by atoms with van der Waals surface area (Å²) in [6.07, 6.45) is -4.64. The zero-order chi connectivity index (χ0) is 17.6. The molecule has 2 heterocycles. The maximum Gasteiger partial charge on any atom is 0.433 e. The van der Waals surface area contributed by atoms with Gasteiger partial charge in [0, 0.05) is 10.4 Å². The third-order valence-corrected chi connectivity index (χ3v) is 4.40. The molecule has 0 bridgehead atoms. The zero-order valence-electron chi connectivity index (χ0n) is 11.7. The summed E-state index contributed by atoms with van der Waals surface area (Å²) in [4.78, 5) is 16.1. The standard InChI is InChI=1S/C15H8BrClF3N3O/c16-11-12(21)9-5-6-10(15(18,19)20)22-13(9)23(14(11)24)8-3-1-7(17)2-4-8/h1-6H,21H2. The van der Waals surface area contributed by atoms with Crippen LogP contribution in [0.3, 0.4) is 0 Å². The predicted molar refractivity (Wildman–Crippen MR) is 89.5 cm³/mol. The Morgan fingerprint density at radius 2 is 1.75 bits per heavy atom. The second-order valence-corrected chi connectivity index (χ2v) is 6.14. The normalized spacial score (nSPS) is 11.9. The van der Waals surface area contributed by atoms with E-state index in [1.807, 2.05) is 0 Å². The highest BCUT2D eigenvalue weighted by Crippen LogP contribution is 2.32. The van der Waals surface area contributed by atoms with E-state index in [0.717, 1.165) is 10.6 Å². The molecule has 0 amide bonds. The number of nitrogens with zero attached hydrogens (tertiary/aromatic N) is 2. The zero-order valence-corrected chi connectivity index (χ0v) is 14.1. The van der Waals surface area contributed by atoms with Gasteiger partial charge in [0.1, 0.15) is 15.8 Å². The van der Waals surface area contributed by atoms with E-state index in [2.05, 4.69) is 20.9 Å². The van der Waals surface area contributed by atoms with E-state index in [-0.39, 0.29) is 21.2 Å². The van der Waals surface area contributed by atoms with E-state index in [1.165, 1.54) is 30.3 Å². The van der Waals surface area contributed by atoms with Gasteiger partial charge in [-0.25, -0.2) is 4.98 Å². The van der Waals surface area contributed by atoms with Crippen molar-refractivity contribution in [1.82, 2.24) is 9.55 Å². The van der Waals surface area contributed by atoms with E-state index < -0.39 is 17.4 Å². The average molecular weight is 419 g/mol. The first-order valence-corrected chi connectivity index (χ1v) is 7.71. The summed E-state index contributed by atoms with van der Waals surface area (Å²) in [7, 11) is 0. The molecule has 0 aliphatic carbocycles. The minimum atomic E-state index is -4.64. The quantitative estimate of drug-likeness (QED) is 0.637. The summed E-state index contributed by atoms with van der Waals surface area (Å²) >= 11 is 8.90. The third kappa shape index (κ3) is 2.76. The minimum absolute atomic E-state index is 0.0291. The Morgan fingerprint density at radius 3 is 2.33 bits per heavy atom. The fourth-order valence-electron chi connectivity index (χ4n) is 2.24.